The van der Waals surface area contributed by atoms with Crippen LogP contribution in [-0.2, 0) is 6.54 Å². The third-order valence-corrected chi connectivity index (χ3v) is 5.03. The molecule has 1 amide bonds. The molecule has 6 heteroatoms. The number of carbonyl (C=O) groups is 1. The van der Waals surface area contributed by atoms with Gasteiger partial charge in [0.2, 0.25) is 0 Å². The normalized spacial score (nSPS) is 11.2. The van der Waals surface area contributed by atoms with E-state index < -0.39 is 0 Å². The van der Waals surface area contributed by atoms with Gasteiger partial charge in [-0.2, -0.15) is 5.10 Å². The van der Waals surface area contributed by atoms with Crippen molar-refractivity contribution in [2.45, 2.75) is 6.54 Å². The summed E-state index contributed by atoms with van der Waals surface area (Å²) in [7, 11) is 1.81. The highest BCUT2D eigenvalue weighted by atomic mass is 16.2. The highest BCUT2D eigenvalue weighted by Crippen LogP contribution is 2.26. The summed E-state index contributed by atoms with van der Waals surface area (Å²) in [5.41, 5.74) is 5.05. The Bertz CT molecular complexity index is 1320. The van der Waals surface area contributed by atoms with Crippen molar-refractivity contribution in [3.8, 4) is 11.5 Å². The molecular weight excluding hydrogens is 362 g/mol. The van der Waals surface area contributed by atoms with Crippen LogP contribution in [0.5, 0.6) is 0 Å². The lowest BCUT2D eigenvalue weighted by atomic mass is 10.1. The fraction of sp³-hybridized carbons (Fsp3) is 0.0870. The molecule has 2 heterocycles. The number of imidazole rings is 1. The molecule has 29 heavy (non-hydrogen) atoms. The summed E-state index contributed by atoms with van der Waals surface area (Å²) < 4.78 is 0. The van der Waals surface area contributed by atoms with E-state index in [2.05, 4.69) is 20.2 Å². The summed E-state index contributed by atoms with van der Waals surface area (Å²) in [6, 6.07) is 23.4. The first-order valence-corrected chi connectivity index (χ1v) is 9.42. The van der Waals surface area contributed by atoms with Gasteiger partial charge in [-0.1, -0.05) is 48.5 Å². The molecule has 6 nitrogen and oxygen atoms in total. The van der Waals surface area contributed by atoms with Crippen LogP contribution in [0.2, 0.25) is 0 Å². The predicted molar refractivity (Wildman–Crippen MR) is 113 cm³/mol. The van der Waals surface area contributed by atoms with Crippen molar-refractivity contribution in [1.82, 2.24) is 25.1 Å². The average Bonchev–Trinajstić information content (AvgIpc) is 3.37. The smallest absolute Gasteiger partial charge is 0.253 e. The van der Waals surface area contributed by atoms with E-state index in [1.165, 1.54) is 0 Å². The summed E-state index contributed by atoms with van der Waals surface area (Å²) in [5, 5.41) is 8.43. The van der Waals surface area contributed by atoms with Crippen LogP contribution in [0.1, 0.15) is 15.9 Å². The fourth-order valence-electron chi connectivity index (χ4n) is 3.54. The monoisotopic (exact) mass is 381 g/mol. The summed E-state index contributed by atoms with van der Waals surface area (Å²) in [6.45, 7) is 0.558. The number of nitrogens with one attached hydrogen (secondary N) is 2. The highest BCUT2D eigenvalue weighted by Gasteiger charge is 2.16. The van der Waals surface area contributed by atoms with Gasteiger partial charge in [0.25, 0.3) is 5.91 Å². The Morgan fingerprint density at radius 3 is 2.62 bits per heavy atom. The van der Waals surface area contributed by atoms with E-state index in [9.17, 15) is 4.79 Å². The zero-order valence-electron chi connectivity index (χ0n) is 15.9. The Balaban J connectivity index is 1.45. The zero-order valence-corrected chi connectivity index (χ0v) is 15.9. The predicted octanol–water partition coefficient (Wildman–Crippen LogP) is 4.38. The second-order valence-corrected chi connectivity index (χ2v) is 7.08. The molecule has 0 saturated heterocycles. The maximum atomic E-state index is 12.9. The summed E-state index contributed by atoms with van der Waals surface area (Å²) in [5.74, 6) is 0.644. The molecule has 0 aliphatic carbocycles. The molecule has 0 radical (unpaired) electrons. The molecule has 5 aromatic rings. The largest absolute Gasteiger partial charge is 0.337 e. The van der Waals surface area contributed by atoms with Crippen LogP contribution in [-0.4, -0.2) is 38.0 Å². The molecule has 0 saturated carbocycles. The number of aromatic nitrogens is 4. The second kappa shape index (κ2) is 6.91. The SMILES string of the molecule is CN(Cc1ccccc1)C(=O)c1ccc2[nH]c(-c3n[nH]c4ccccc34)nc2c1. The lowest BCUT2D eigenvalue weighted by molar-refractivity contribution is 0.0785. The van der Waals surface area contributed by atoms with E-state index in [4.69, 9.17) is 0 Å². The number of fused-ring (bicyclic) bond motifs is 2. The van der Waals surface area contributed by atoms with Crippen LogP contribution in [0.4, 0.5) is 0 Å². The van der Waals surface area contributed by atoms with Crippen LogP contribution >= 0.6 is 0 Å². The number of para-hydroxylation sites is 1. The Morgan fingerprint density at radius 1 is 0.966 bits per heavy atom. The van der Waals surface area contributed by atoms with E-state index in [-0.39, 0.29) is 5.91 Å². The molecular formula is C23H19N5O. The van der Waals surface area contributed by atoms with Gasteiger partial charge in [-0.3, -0.25) is 9.89 Å². The Morgan fingerprint density at radius 2 is 1.76 bits per heavy atom. The average molecular weight is 381 g/mol. The molecule has 0 bridgehead atoms. The number of nitrogens with zero attached hydrogens (tertiary/aromatic N) is 3. The standard InChI is InChI=1S/C23H19N5O/c1-28(14-15-7-3-2-4-8-15)23(29)16-11-12-19-20(13-16)25-22(24-19)21-17-9-5-6-10-18(17)26-27-21/h2-13H,14H2,1H3,(H,24,25)(H,26,27). The fourth-order valence-corrected chi connectivity index (χ4v) is 3.54. The van der Waals surface area contributed by atoms with Crippen LogP contribution in [0, 0.1) is 0 Å². The van der Waals surface area contributed by atoms with Gasteiger partial charge in [0.05, 0.1) is 16.6 Å². The Kier molecular flexibility index (Phi) is 4.09. The van der Waals surface area contributed by atoms with Crippen LogP contribution in [0.3, 0.4) is 0 Å². The molecule has 3 aromatic carbocycles. The zero-order chi connectivity index (χ0) is 19.8. The maximum Gasteiger partial charge on any atom is 0.253 e. The number of benzene rings is 3. The lowest BCUT2D eigenvalue weighted by Crippen LogP contribution is -2.26. The third kappa shape index (κ3) is 3.14. The number of hydrogen-bond acceptors (Lipinski definition) is 3. The van der Waals surface area contributed by atoms with E-state index in [0.717, 1.165) is 33.2 Å². The van der Waals surface area contributed by atoms with E-state index in [0.29, 0.717) is 17.9 Å². The van der Waals surface area contributed by atoms with Gasteiger partial charge in [0, 0.05) is 24.5 Å². The third-order valence-electron chi connectivity index (χ3n) is 5.03. The van der Waals surface area contributed by atoms with Crippen molar-refractivity contribution in [1.29, 1.82) is 0 Å². The number of rotatable bonds is 4. The van der Waals surface area contributed by atoms with Gasteiger partial charge in [-0.05, 0) is 29.8 Å². The molecule has 0 aliphatic rings. The summed E-state index contributed by atoms with van der Waals surface area (Å²) in [6.07, 6.45) is 0. The van der Waals surface area contributed by atoms with Gasteiger partial charge >= 0.3 is 0 Å². The quantitative estimate of drug-likeness (QED) is 0.485. The number of H-pyrrole nitrogens is 2. The van der Waals surface area contributed by atoms with Crippen molar-refractivity contribution < 1.29 is 4.79 Å². The molecule has 0 atom stereocenters. The van der Waals surface area contributed by atoms with Crippen molar-refractivity contribution in [3.05, 3.63) is 83.9 Å². The molecule has 142 valence electrons. The van der Waals surface area contributed by atoms with Crippen molar-refractivity contribution >= 4 is 27.8 Å². The highest BCUT2D eigenvalue weighted by molar-refractivity contribution is 5.98. The van der Waals surface area contributed by atoms with E-state index in [1.54, 1.807) is 4.90 Å². The van der Waals surface area contributed by atoms with E-state index in [1.807, 2.05) is 79.8 Å². The second-order valence-electron chi connectivity index (χ2n) is 7.08. The molecule has 2 N–H and O–H groups in total. The summed E-state index contributed by atoms with van der Waals surface area (Å²) >= 11 is 0. The molecule has 0 fully saturated rings. The van der Waals surface area contributed by atoms with E-state index >= 15 is 0 Å². The molecule has 0 unspecified atom stereocenters. The Labute approximate surface area is 167 Å². The maximum absolute atomic E-state index is 12.9. The molecule has 0 aliphatic heterocycles. The summed E-state index contributed by atoms with van der Waals surface area (Å²) in [4.78, 5) is 22.6. The molecule has 0 spiro atoms. The first kappa shape index (κ1) is 17.2. The molecule has 2 aromatic heterocycles. The van der Waals surface area contributed by atoms with Crippen molar-refractivity contribution in [3.63, 3.8) is 0 Å². The number of aromatic amines is 2. The lowest BCUT2D eigenvalue weighted by Gasteiger charge is -2.17. The first-order chi connectivity index (χ1) is 14.2. The minimum absolute atomic E-state index is 0.0366. The number of carbonyl (C=O) groups excluding carboxylic acids is 1. The minimum Gasteiger partial charge on any atom is -0.337 e. The topological polar surface area (TPSA) is 77.7 Å². The van der Waals surface area contributed by atoms with Gasteiger partial charge in [0.1, 0.15) is 5.69 Å². The van der Waals surface area contributed by atoms with Gasteiger partial charge in [0.15, 0.2) is 5.82 Å². The van der Waals surface area contributed by atoms with Crippen LogP contribution < -0.4 is 0 Å². The van der Waals surface area contributed by atoms with Gasteiger partial charge < -0.3 is 9.88 Å². The van der Waals surface area contributed by atoms with Crippen LogP contribution in [0.15, 0.2) is 72.8 Å². The molecule has 5 rings (SSSR count). The first-order valence-electron chi connectivity index (χ1n) is 9.42. The van der Waals surface area contributed by atoms with Crippen molar-refractivity contribution in [2.75, 3.05) is 7.05 Å². The minimum atomic E-state index is -0.0366. The Hall–Kier alpha value is -3.93. The van der Waals surface area contributed by atoms with Crippen LogP contribution in [0.25, 0.3) is 33.5 Å². The number of hydrogen-bond donors (Lipinski definition) is 2. The van der Waals surface area contributed by atoms with Crippen molar-refractivity contribution in [2.24, 2.45) is 0 Å². The van der Waals surface area contributed by atoms with Gasteiger partial charge in [-0.15, -0.1) is 0 Å². The van der Waals surface area contributed by atoms with Gasteiger partial charge in [-0.25, -0.2) is 4.98 Å². The number of amides is 1.